The summed E-state index contributed by atoms with van der Waals surface area (Å²) in [6.45, 7) is 5.53. The predicted molar refractivity (Wildman–Crippen MR) is 87.2 cm³/mol. The van der Waals surface area contributed by atoms with Gasteiger partial charge in [-0.1, -0.05) is 35.8 Å². The highest BCUT2D eigenvalue weighted by atomic mass is 79.9. The van der Waals surface area contributed by atoms with Gasteiger partial charge in [-0.3, -0.25) is 0 Å². The first kappa shape index (κ1) is 16.0. The van der Waals surface area contributed by atoms with Gasteiger partial charge in [-0.15, -0.1) is 0 Å². The van der Waals surface area contributed by atoms with Crippen molar-refractivity contribution >= 4 is 15.9 Å². The summed E-state index contributed by atoms with van der Waals surface area (Å²) in [5.41, 5.74) is 0.557. The number of rotatable bonds is 6. The molecule has 0 aliphatic heterocycles. The minimum Gasteiger partial charge on any atom is -0.457 e. The Balaban J connectivity index is 2.14. The summed E-state index contributed by atoms with van der Waals surface area (Å²) >= 11 is 3.38. The van der Waals surface area contributed by atoms with E-state index >= 15 is 0 Å². The van der Waals surface area contributed by atoms with E-state index in [4.69, 9.17) is 4.74 Å². The molecule has 112 valence electrons. The van der Waals surface area contributed by atoms with Crippen molar-refractivity contribution in [2.75, 3.05) is 6.54 Å². The first-order valence-corrected chi connectivity index (χ1v) is 7.77. The van der Waals surface area contributed by atoms with Crippen LogP contribution < -0.4 is 10.1 Å². The molecule has 0 aromatic heterocycles. The second kappa shape index (κ2) is 7.57. The average Bonchev–Trinajstić information content (AvgIpc) is 2.44. The van der Waals surface area contributed by atoms with E-state index in [1.54, 1.807) is 12.1 Å². The van der Waals surface area contributed by atoms with Crippen LogP contribution in [0.25, 0.3) is 0 Å². The molecule has 0 saturated carbocycles. The van der Waals surface area contributed by atoms with E-state index in [2.05, 4.69) is 35.1 Å². The Labute approximate surface area is 133 Å². The van der Waals surface area contributed by atoms with E-state index in [1.807, 2.05) is 24.3 Å². The van der Waals surface area contributed by atoms with Crippen molar-refractivity contribution in [2.24, 2.45) is 5.92 Å². The lowest BCUT2D eigenvalue weighted by Gasteiger charge is -2.13. The molecule has 0 aliphatic carbocycles. The Hall–Kier alpha value is -1.39. The normalized spacial score (nSPS) is 10.9. The van der Waals surface area contributed by atoms with Crippen molar-refractivity contribution in [2.45, 2.75) is 20.4 Å². The summed E-state index contributed by atoms with van der Waals surface area (Å²) in [6, 6.07) is 12.4. The molecule has 0 unspecified atom stereocenters. The van der Waals surface area contributed by atoms with Crippen molar-refractivity contribution < 1.29 is 9.13 Å². The van der Waals surface area contributed by atoms with Gasteiger partial charge in [0.15, 0.2) is 0 Å². The molecule has 0 saturated heterocycles. The summed E-state index contributed by atoms with van der Waals surface area (Å²) in [5, 5.41) is 3.25. The number of hydrogen-bond donors (Lipinski definition) is 1. The highest BCUT2D eigenvalue weighted by molar-refractivity contribution is 9.10. The first-order chi connectivity index (χ1) is 10.1. The van der Waals surface area contributed by atoms with Gasteiger partial charge < -0.3 is 10.1 Å². The lowest BCUT2D eigenvalue weighted by Crippen LogP contribution is -2.20. The lowest BCUT2D eigenvalue weighted by atomic mass is 10.1. The second-order valence-corrected chi connectivity index (χ2v) is 6.21. The predicted octanol–water partition coefficient (Wildman–Crippen LogP) is 5.13. The maximum absolute atomic E-state index is 14.0. The quantitative estimate of drug-likeness (QED) is 0.779. The first-order valence-electron chi connectivity index (χ1n) is 6.98. The van der Waals surface area contributed by atoms with Crippen LogP contribution in [0.15, 0.2) is 46.9 Å². The molecule has 0 aliphatic rings. The molecule has 2 aromatic rings. The van der Waals surface area contributed by atoms with E-state index in [1.165, 1.54) is 6.07 Å². The second-order valence-electron chi connectivity index (χ2n) is 5.30. The zero-order valence-corrected chi connectivity index (χ0v) is 13.8. The molecular weight excluding hydrogens is 333 g/mol. The molecule has 0 spiro atoms. The van der Waals surface area contributed by atoms with Gasteiger partial charge >= 0.3 is 0 Å². The van der Waals surface area contributed by atoms with Crippen LogP contribution in [0.3, 0.4) is 0 Å². The molecule has 4 heteroatoms. The third-order valence-electron chi connectivity index (χ3n) is 2.97. The Bertz CT molecular complexity index is 584. The van der Waals surface area contributed by atoms with Crippen LogP contribution in [-0.2, 0) is 6.54 Å². The van der Waals surface area contributed by atoms with Crippen LogP contribution in [0.4, 0.5) is 4.39 Å². The van der Waals surface area contributed by atoms with Gasteiger partial charge in [0.05, 0.1) is 0 Å². The van der Waals surface area contributed by atoms with Gasteiger partial charge in [0.25, 0.3) is 0 Å². The molecule has 0 heterocycles. The maximum Gasteiger partial charge on any atom is 0.134 e. The Morgan fingerprint density at radius 2 is 1.86 bits per heavy atom. The summed E-state index contributed by atoms with van der Waals surface area (Å²) < 4.78 is 20.8. The van der Waals surface area contributed by atoms with Gasteiger partial charge in [0.1, 0.15) is 17.3 Å². The molecule has 1 N–H and O–H groups in total. The Morgan fingerprint density at radius 3 is 2.52 bits per heavy atom. The van der Waals surface area contributed by atoms with Crippen LogP contribution in [-0.4, -0.2) is 6.54 Å². The summed E-state index contributed by atoms with van der Waals surface area (Å²) in [5.74, 6) is 1.51. The fraction of sp³-hybridized carbons (Fsp3) is 0.294. The van der Waals surface area contributed by atoms with Crippen LogP contribution in [0, 0.1) is 11.7 Å². The van der Waals surface area contributed by atoms with Crippen molar-refractivity contribution in [3.63, 3.8) is 0 Å². The zero-order chi connectivity index (χ0) is 15.2. The topological polar surface area (TPSA) is 21.3 Å². The number of ether oxygens (including phenoxy) is 1. The highest BCUT2D eigenvalue weighted by Crippen LogP contribution is 2.28. The lowest BCUT2D eigenvalue weighted by molar-refractivity contribution is 0.457. The number of hydrogen-bond acceptors (Lipinski definition) is 2. The third-order valence-corrected chi connectivity index (χ3v) is 3.50. The molecule has 2 nitrogen and oxygen atoms in total. The van der Waals surface area contributed by atoms with Gasteiger partial charge in [0, 0.05) is 16.6 Å². The summed E-state index contributed by atoms with van der Waals surface area (Å²) in [7, 11) is 0. The average molecular weight is 352 g/mol. The van der Waals surface area contributed by atoms with Gasteiger partial charge in [-0.2, -0.15) is 0 Å². The monoisotopic (exact) mass is 351 g/mol. The molecule has 0 bridgehead atoms. The van der Waals surface area contributed by atoms with E-state index in [9.17, 15) is 4.39 Å². The smallest absolute Gasteiger partial charge is 0.134 e. The highest BCUT2D eigenvalue weighted by Gasteiger charge is 2.10. The summed E-state index contributed by atoms with van der Waals surface area (Å²) in [4.78, 5) is 0. The molecule has 0 radical (unpaired) electrons. The largest absolute Gasteiger partial charge is 0.457 e. The van der Waals surface area contributed by atoms with E-state index < -0.39 is 0 Å². The minimum atomic E-state index is -0.249. The SMILES string of the molecule is CC(C)CNCc1c(F)cccc1Oc1ccc(Br)cc1. The van der Waals surface area contributed by atoms with Crippen LogP contribution in [0.2, 0.25) is 0 Å². The van der Waals surface area contributed by atoms with Crippen molar-refractivity contribution in [3.05, 3.63) is 58.3 Å². The molecule has 21 heavy (non-hydrogen) atoms. The number of nitrogens with one attached hydrogen (secondary N) is 1. The van der Waals surface area contributed by atoms with Gasteiger partial charge in [-0.05, 0) is 48.9 Å². The molecule has 0 amide bonds. The maximum atomic E-state index is 14.0. The number of halogens is 2. The van der Waals surface area contributed by atoms with Crippen LogP contribution in [0.1, 0.15) is 19.4 Å². The molecular formula is C17H19BrFNO. The van der Waals surface area contributed by atoms with Crippen molar-refractivity contribution in [1.29, 1.82) is 0 Å². The van der Waals surface area contributed by atoms with Crippen molar-refractivity contribution in [1.82, 2.24) is 5.32 Å². The van der Waals surface area contributed by atoms with Gasteiger partial charge in [-0.25, -0.2) is 4.39 Å². The molecule has 0 atom stereocenters. The van der Waals surface area contributed by atoms with Crippen LogP contribution in [0.5, 0.6) is 11.5 Å². The molecule has 0 fully saturated rings. The fourth-order valence-electron chi connectivity index (χ4n) is 1.92. The van der Waals surface area contributed by atoms with E-state index in [-0.39, 0.29) is 5.82 Å². The minimum absolute atomic E-state index is 0.249. The van der Waals surface area contributed by atoms with E-state index in [0.717, 1.165) is 11.0 Å². The van der Waals surface area contributed by atoms with Gasteiger partial charge in [0.2, 0.25) is 0 Å². The fourth-order valence-corrected chi connectivity index (χ4v) is 2.19. The zero-order valence-electron chi connectivity index (χ0n) is 12.2. The Kier molecular flexibility index (Phi) is 5.76. The number of benzene rings is 2. The van der Waals surface area contributed by atoms with Crippen LogP contribution >= 0.6 is 15.9 Å². The molecule has 2 aromatic carbocycles. The standard InChI is InChI=1S/C17H19BrFNO/c1-12(2)10-20-11-15-16(19)4-3-5-17(15)21-14-8-6-13(18)7-9-14/h3-9,12,20H,10-11H2,1-2H3. The molecule has 2 rings (SSSR count). The summed E-state index contributed by atoms with van der Waals surface area (Å²) in [6.07, 6.45) is 0. The van der Waals surface area contributed by atoms with Crippen molar-refractivity contribution in [3.8, 4) is 11.5 Å². The Morgan fingerprint density at radius 1 is 1.14 bits per heavy atom. The van der Waals surface area contributed by atoms with E-state index in [0.29, 0.717) is 29.5 Å². The third kappa shape index (κ3) is 4.83.